The summed E-state index contributed by atoms with van der Waals surface area (Å²) in [6.07, 6.45) is 2.77. The molecule has 1 aliphatic heterocycles. The fourth-order valence-electron chi connectivity index (χ4n) is 2.55. The normalized spacial score (nSPS) is 16.8. The van der Waals surface area contributed by atoms with E-state index in [0.29, 0.717) is 12.6 Å². The lowest BCUT2D eigenvalue weighted by Crippen LogP contribution is -2.35. The van der Waals surface area contributed by atoms with E-state index in [1.807, 2.05) is 6.07 Å². The van der Waals surface area contributed by atoms with E-state index >= 15 is 0 Å². The van der Waals surface area contributed by atoms with Crippen molar-refractivity contribution >= 4 is 0 Å². The highest BCUT2D eigenvalue weighted by Crippen LogP contribution is 2.28. The van der Waals surface area contributed by atoms with E-state index in [1.54, 1.807) is 0 Å². The average Bonchev–Trinajstić information content (AvgIpc) is 2.89. The zero-order valence-electron chi connectivity index (χ0n) is 11.6. The molecule has 1 aliphatic rings. The highest BCUT2D eigenvalue weighted by Gasteiger charge is 2.17. The lowest BCUT2D eigenvalue weighted by molar-refractivity contribution is 0.274. The second kappa shape index (κ2) is 6.89. The molecule has 0 aromatic heterocycles. The maximum absolute atomic E-state index is 8.86. The van der Waals surface area contributed by atoms with Crippen molar-refractivity contribution in [3.63, 3.8) is 0 Å². The number of aliphatic hydroxyl groups is 1. The summed E-state index contributed by atoms with van der Waals surface area (Å²) in [5.41, 5.74) is 8.39. The zero-order chi connectivity index (χ0) is 13.7. The Morgan fingerprint density at radius 2 is 2.32 bits per heavy atom. The highest BCUT2D eigenvalue weighted by molar-refractivity contribution is 5.40. The molecule has 4 N–H and O–H groups in total. The number of nitrogens with one attached hydrogen (secondary N) is 1. The van der Waals surface area contributed by atoms with E-state index in [2.05, 4.69) is 24.4 Å². The molecule has 0 amide bonds. The topological polar surface area (TPSA) is 67.5 Å². The Morgan fingerprint density at radius 3 is 3.05 bits per heavy atom. The summed E-state index contributed by atoms with van der Waals surface area (Å²) in [7, 11) is 0. The van der Waals surface area contributed by atoms with Gasteiger partial charge in [-0.05, 0) is 37.0 Å². The molecule has 0 bridgehead atoms. The van der Waals surface area contributed by atoms with Crippen molar-refractivity contribution < 1.29 is 9.84 Å². The molecular weight excluding hydrogens is 240 g/mol. The van der Waals surface area contributed by atoms with Gasteiger partial charge in [-0.2, -0.15) is 0 Å². The van der Waals surface area contributed by atoms with Crippen LogP contribution in [0.1, 0.15) is 36.9 Å². The Hall–Kier alpha value is -1.10. The Morgan fingerprint density at radius 1 is 1.47 bits per heavy atom. The van der Waals surface area contributed by atoms with Gasteiger partial charge in [0.25, 0.3) is 0 Å². The van der Waals surface area contributed by atoms with Gasteiger partial charge in [0.1, 0.15) is 5.75 Å². The quantitative estimate of drug-likeness (QED) is 0.696. The van der Waals surface area contributed by atoms with Crippen molar-refractivity contribution in [2.45, 2.75) is 38.3 Å². The molecule has 0 aliphatic carbocycles. The monoisotopic (exact) mass is 264 g/mol. The Labute approximate surface area is 115 Å². The van der Waals surface area contributed by atoms with Crippen LogP contribution in [0, 0.1) is 0 Å². The Bertz CT molecular complexity index is 409. The molecule has 2 rings (SSSR count). The largest absolute Gasteiger partial charge is 0.493 e. The van der Waals surface area contributed by atoms with Crippen LogP contribution in [0.3, 0.4) is 0 Å². The molecule has 19 heavy (non-hydrogen) atoms. The van der Waals surface area contributed by atoms with Crippen molar-refractivity contribution in [2.24, 2.45) is 5.73 Å². The zero-order valence-corrected chi connectivity index (χ0v) is 11.6. The van der Waals surface area contributed by atoms with Crippen LogP contribution in [0.2, 0.25) is 0 Å². The number of ether oxygens (including phenoxy) is 1. The third-order valence-electron chi connectivity index (χ3n) is 3.63. The number of fused-ring (bicyclic) bond motifs is 1. The third-order valence-corrected chi connectivity index (χ3v) is 3.63. The molecule has 0 saturated heterocycles. The maximum Gasteiger partial charge on any atom is 0.122 e. The lowest BCUT2D eigenvalue weighted by atomic mass is 10.0. The SMILES string of the molecule is CC(CCCO)NC(CN)c1ccc2c(c1)CCO2. The summed E-state index contributed by atoms with van der Waals surface area (Å²) in [5.74, 6) is 1.01. The number of aliphatic hydroxyl groups excluding tert-OH is 1. The minimum Gasteiger partial charge on any atom is -0.493 e. The first kappa shape index (κ1) is 14.3. The first-order valence-electron chi connectivity index (χ1n) is 7.07. The van der Waals surface area contributed by atoms with Gasteiger partial charge in [0.05, 0.1) is 6.61 Å². The number of benzene rings is 1. The minimum atomic E-state index is 0.166. The van der Waals surface area contributed by atoms with Crippen LogP contribution in [-0.2, 0) is 6.42 Å². The molecular formula is C15H24N2O2. The van der Waals surface area contributed by atoms with Crippen LogP contribution in [-0.4, -0.2) is 30.9 Å². The van der Waals surface area contributed by atoms with Gasteiger partial charge in [0.2, 0.25) is 0 Å². The van der Waals surface area contributed by atoms with Gasteiger partial charge in [-0.15, -0.1) is 0 Å². The maximum atomic E-state index is 8.86. The van der Waals surface area contributed by atoms with E-state index in [0.717, 1.165) is 31.6 Å². The van der Waals surface area contributed by atoms with Crippen molar-refractivity contribution in [2.75, 3.05) is 19.8 Å². The minimum absolute atomic E-state index is 0.166. The molecule has 0 fully saturated rings. The van der Waals surface area contributed by atoms with E-state index in [9.17, 15) is 0 Å². The lowest BCUT2D eigenvalue weighted by Gasteiger charge is -2.23. The summed E-state index contributed by atoms with van der Waals surface area (Å²) >= 11 is 0. The second-order valence-corrected chi connectivity index (χ2v) is 5.19. The molecule has 0 spiro atoms. The predicted octanol–water partition coefficient (Wildman–Crippen LogP) is 1.37. The molecule has 1 heterocycles. The van der Waals surface area contributed by atoms with Gasteiger partial charge in [-0.1, -0.05) is 12.1 Å². The van der Waals surface area contributed by atoms with Crippen LogP contribution < -0.4 is 15.8 Å². The summed E-state index contributed by atoms with van der Waals surface area (Å²) in [4.78, 5) is 0. The molecule has 106 valence electrons. The van der Waals surface area contributed by atoms with Crippen LogP contribution in [0.25, 0.3) is 0 Å². The van der Waals surface area contributed by atoms with E-state index in [-0.39, 0.29) is 12.6 Å². The summed E-state index contributed by atoms with van der Waals surface area (Å²) in [6, 6.07) is 6.85. The van der Waals surface area contributed by atoms with Crippen LogP contribution in [0.4, 0.5) is 0 Å². The standard InChI is InChI=1S/C15H24N2O2/c1-11(3-2-7-18)17-14(10-16)12-4-5-15-13(9-12)6-8-19-15/h4-5,9,11,14,17-18H,2-3,6-8,10,16H2,1H3. The smallest absolute Gasteiger partial charge is 0.122 e. The molecule has 2 atom stereocenters. The van der Waals surface area contributed by atoms with Gasteiger partial charge in [-0.25, -0.2) is 0 Å². The van der Waals surface area contributed by atoms with Gasteiger partial charge in [0, 0.05) is 31.7 Å². The van der Waals surface area contributed by atoms with E-state index < -0.39 is 0 Å². The molecule has 1 aromatic carbocycles. The van der Waals surface area contributed by atoms with Crippen LogP contribution in [0.15, 0.2) is 18.2 Å². The third kappa shape index (κ3) is 3.69. The van der Waals surface area contributed by atoms with Crippen molar-refractivity contribution in [1.29, 1.82) is 0 Å². The van der Waals surface area contributed by atoms with Crippen molar-refractivity contribution in [1.82, 2.24) is 5.32 Å². The molecule has 4 nitrogen and oxygen atoms in total. The molecule has 0 radical (unpaired) electrons. The van der Waals surface area contributed by atoms with Gasteiger partial charge >= 0.3 is 0 Å². The fourth-order valence-corrected chi connectivity index (χ4v) is 2.55. The van der Waals surface area contributed by atoms with Gasteiger partial charge in [0.15, 0.2) is 0 Å². The van der Waals surface area contributed by atoms with Gasteiger partial charge in [-0.3, -0.25) is 0 Å². The summed E-state index contributed by atoms with van der Waals surface area (Å²) in [6.45, 7) is 3.74. The Kier molecular flexibility index (Phi) is 5.19. The highest BCUT2D eigenvalue weighted by atomic mass is 16.5. The second-order valence-electron chi connectivity index (χ2n) is 5.19. The van der Waals surface area contributed by atoms with Gasteiger partial charge < -0.3 is 20.9 Å². The summed E-state index contributed by atoms with van der Waals surface area (Å²) in [5, 5.41) is 12.4. The van der Waals surface area contributed by atoms with Crippen molar-refractivity contribution in [3.8, 4) is 5.75 Å². The van der Waals surface area contributed by atoms with Crippen LogP contribution >= 0.6 is 0 Å². The van der Waals surface area contributed by atoms with E-state index in [4.69, 9.17) is 15.6 Å². The molecule has 0 saturated carbocycles. The first-order valence-corrected chi connectivity index (χ1v) is 7.07. The summed E-state index contributed by atoms with van der Waals surface area (Å²) < 4.78 is 5.52. The number of rotatable bonds is 7. The van der Waals surface area contributed by atoms with Crippen molar-refractivity contribution in [3.05, 3.63) is 29.3 Å². The molecule has 2 unspecified atom stereocenters. The first-order chi connectivity index (χ1) is 9.24. The fraction of sp³-hybridized carbons (Fsp3) is 0.600. The van der Waals surface area contributed by atoms with Crippen LogP contribution in [0.5, 0.6) is 5.75 Å². The Balaban J connectivity index is 2.00. The predicted molar refractivity (Wildman–Crippen MR) is 76.4 cm³/mol. The van der Waals surface area contributed by atoms with E-state index in [1.165, 1.54) is 11.1 Å². The number of nitrogens with two attached hydrogens (primary N) is 1. The number of hydrogen-bond acceptors (Lipinski definition) is 4. The number of hydrogen-bond donors (Lipinski definition) is 3. The molecule has 1 aromatic rings. The molecule has 4 heteroatoms. The average molecular weight is 264 g/mol.